The molecular formula is C22H30N4O2. The Morgan fingerprint density at radius 2 is 1.75 bits per heavy atom. The third-order valence-electron chi connectivity index (χ3n) is 5.00. The molecule has 0 aromatic heterocycles. The minimum atomic E-state index is -0.0580. The maximum atomic E-state index is 10.1. The van der Waals surface area contributed by atoms with E-state index in [0.717, 1.165) is 49.9 Å². The highest BCUT2D eigenvalue weighted by Crippen LogP contribution is 2.27. The van der Waals surface area contributed by atoms with E-state index in [1.807, 2.05) is 36.4 Å². The van der Waals surface area contributed by atoms with E-state index in [-0.39, 0.29) is 6.10 Å². The molecule has 0 bridgehead atoms. The Morgan fingerprint density at radius 3 is 2.39 bits per heavy atom. The average Bonchev–Trinajstić information content (AvgIpc) is 2.75. The Bertz CT molecular complexity index is 758. The van der Waals surface area contributed by atoms with Crippen molar-refractivity contribution in [1.82, 2.24) is 10.2 Å². The summed E-state index contributed by atoms with van der Waals surface area (Å²) in [5.74, 6) is 1.25. The Kier molecular flexibility index (Phi) is 7.14. The van der Waals surface area contributed by atoms with Gasteiger partial charge in [0.2, 0.25) is 0 Å². The molecule has 1 saturated heterocycles. The van der Waals surface area contributed by atoms with Crippen LogP contribution in [0.4, 0.5) is 5.69 Å². The van der Waals surface area contributed by atoms with E-state index in [9.17, 15) is 5.11 Å². The van der Waals surface area contributed by atoms with Crippen LogP contribution in [-0.4, -0.2) is 62.3 Å². The van der Waals surface area contributed by atoms with Gasteiger partial charge < -0.3 is 25.0 Å². The van der Waals surface area contributed by atoms with E-state index in [2.05, 4.69) is 34.2 Å². The van der Waals surface area contributed by atoms with Gasteiger partial charge in [0.25, 0.3) is 0 Å². The van der Waals surface area contributed by atoms with E-state index in [1.165, 1.54) is 0 Å². The van der Waals surface area contributed by atoms with Crippen molar-refractivity contribution in [2.45, 2.75) is 13.0 Å². The predicted octanol–water partition coefficient (Wildman–Crippen LogP) is 2.87. The minimum absolute atomic E-state index is 0.0580. The average molecular weight is 383 g/mol. The summed E-state index contributed by atoms with van der Waals surface area (Å²) in [6, 6.07) is 17.7. The van der Waals surface area contributed by atoms with Crippen LogP contribution in [0.3, 0.4) is 0 Å². The molecule has 2 aromatic rings. The molecule has 1 heterocycles. The van der Waals surface area contributed by atoms with Crippen LogP contribution in [0.2, 0.25) is 0 Å². The SMILES string of the molecule is CCNC(=NCC(OC)c1ccccc1)N1CCN(c2ccccc2O)CC1. The number of phenolic OH excluding ortho intramolecular Hbond substituents is 1. The fourth-order valence-corrected chi connectivity index (χ4v) is 3.47. The van der Waals surface area contributed by atoms with Crippen molar-refractivity contribution in [3.63, 3.8) is 0 Å². The summed E-state index contributed by atoms with van der Waals surface area (Å²) in [4.78, 5) is 9.33. The largest absolute Gasteiger partial charge is 0.506 e. The van der Waals surface area contributed by atoms with Gasteiger partial charge in [-0.15, -0.1) is 0 Å². The Hall–Kier alpha value is -2.73. The highest BCUT2D eigenvalue weighted by molar-refractivity contribution is 5.80. The molecule has 0 aliphatic carbocycles. The Balaban J connectivity index is 1.64. The van der Waals surface area contributed by atoms with Crippen molar-refractivity contribution in [2.75, 3.05) is 51.3 Å². The van der Waals surface area contributed by atoms with Gasteiger partial charge >= 0.3 is 0 Å². The molecule has 28 heavy (non-hydrogen) atoms. The number of aromatic hydroxyl groups is 1. The van der Waals surface area contributed by atoms with Crippen LogP contribution < -0.4 is 10.2 Å². The number of hydrogen-bond acceptors (Lipinski definition) is 4. The first-order chi connectivity index (χ1) is 13.7. The number of phenols is 1. The van der Waals surface area contributed by atoms with Crippen molar-refractivity contribution in [3.8, 4) is 5.75 Å². The maximum Gasteiger partial charge on any atom is 0.194 e. The maximum absolute atomic E-state index is 10.1. The molecule has 2 aromatic carbocycles. The van der Waals surface area contributed by atoms with E-state index < -0.39 is 0 Å². The summed E-state index contributed by atoms with van der Waals surface area (Å²) in [6.07, 6.45) is -0.0580. The van der Waals surface area contributed by atoms with Crippen molar-refractivity contribution in [1.29, 1.82) is 0 Å². The summed E-state index contributed by atoms with van der Waals surface area (Å²) in [5, 5.41) is 13.5. The number of piperazine rings is 1. The zero-order valence-corrected chi connectivity index (χ0v) is 16.7. The van der Waals surface area contributed by atoms with Crippen LogP contribution in [0.25, 0.3) is 0 Å². The van der Waals surface area contributed by atoms with Gasteiger partial charge in [-0.1, -0.05) is 42.5 Å². The fourth-order valence-electron chi connectivity index (χ4n) is 3.47. The smallest absolute Gasteiger partial charge is 0.194 e. The quantitative estimate of drug-likeness (QED) is 0.594. The first kappa shape index (κ1) is 20.0. The molecule has 150 valence electrons. The molecule has 1 aliphatic heterocycles. The lowest BCUT2D eigenvalue weighted by atomic mass is 10.1. The monoisotopic (exact) mass is 382 g/mol. The number of para-hydroxylation sites is 2. The van der Waals surface area contributed by atoms with Gasteiger partial charge in [0.15, 0.2) is 5.96 Å². The van der Waals surface area contributed by atoms with Gasteiger partial charge in [-0.2, -0.15) is 0 Å². The summed E-state index contributed by atoms with van der Waals surface area (Å²) in [5.41, 5.74) is 2.03. The molecule has 1 atom stereocenters. The number of guanidine groups is 1. The Labute approximate surface area is 167 Å². The second-order valence-corrected chi connectivity index (χ2v) is 6.79. The zero-order chi connectivity index (χ0) is 19.8. The van der Waals surface area contributed by atoms with E-state index in [4.69, 9.17) is 9.73 Å². The second-order valence-electron chi connectivity index (χ2n) is 6.79. The molecule has 1 aliphatic rings. The van der Waals surface area contributed by atoms with E-state index in [0.29, 0.717) is 12.3 Å². The molecular weight excluding hydrogens is 352 g/mol. The Morgan fingerprint density at radius 1 is 1.07 bits per heavy atom. The molecule has 0 radical (unpaired) electrons. The summed E-state index contributed by atoms with van der Waals surface area (Å²) in [7, 11) is 1.73. The summed E-state index contributed by atoms with van der Waals surface area (Å²) in [6.45, 7) is 6.86. The third-order valence-corrected chi connectivity index (χ3v) is 5.00. The van der Waals surface area contributed by atoms with Gasteiger partial charge in [0.05, 0.1) is 12.2 Å². The summed E-state index contributed by atoms with van der Waals surface area (Å²) < 4.78 is 5.65. The third kappa shape index (κ3) is 4.95. The van der Waals surface area contributed by atoms with Gasteiger partial charge in [0.1, 0.15) is 11.9 Å². The van der Waals surface area contributed by atoms with E-state index in [1.54, 1.807) is 13.2 Å². The van der Waals surface area contributed by atoms with Crippen LogP contribution in [-0.2, 0) is 4.74 Å². The predicted molar refractivity (Wildman–Crippen MR) is 114 cm³/mol. The molecule has 6 nitrogen and oxygen atoms in total. The summed E-state index contributed by atoms with van der Waals surface area (Å²) >= 11 is 0. The number of ether oxygens (including phenoxy) is 1. The number of nitrogens with zero attached hydrogens (tertiary/aromatic N) is 3. The number of methoxy groups -OCH3 is 1. The number of aliphatic imine (C=N–C) groups is 1. The number of hydrogen-bond donors (Lipinski definition) is 2. The molecule has 2 N–H and O–H groups in total. The van der Waals surface area contributed by atoms with Gasteiger partial charge in [0, 0.05) is 39.8 Å². The van der Waals surface area contributed by atoms with Crippen molar-refractivity contribution in [3.05, 3.63) is 60.2 Å². The van der Waals surface area contributed by atoms with Crippen molar-refractivity contribution in [2.24, 2.45) is 4.99 Å². The molecule has 0 amide bonds. The molecule has 3 rings (SSSR count). The van der Waals surface area contributed by atoms with Gasteiger partial charge in [-0.25, -0.2) is 0 Å². The van der Waals surface area contributed by atoms with E-state index >= 15 is 0 Å². The van der Waals surface area contributed by atoms with Crippen LogP contribution >= 0.6 is 0 Å². The second kappa shape index (κ2) is 9.99. The standard InChI is InChI=1S/C22H30N4O2/c1-3-23-22(24-17-21(28-2)18-9-5-4-6-10-18)26-15-13-25(14-16-26)19-11-7-8-12-20(19)27/h4-12,21,27H,3,13-17H2,1-2H3,(H,23,24). The first-order valence-electron chi connectivity index (χ1n) is 9.87. The molecule has 1 fully saturated rings. The van der Waals surface area contributed by atoms with Gasteiger partial charge in [-0.05, 0) is 24.6 Å². The normalized spacial score (nSPS) is 16.1. The number of nitrogens with one attached hydrogen (secondary N) is 1. The highest BCUT2D eigenvalue weighted by Gasteiger charge is 2.21. The number of benzene rings is 2. The van der Waals surface area contributed by atoms with Crippen molar-refractivity contribution < 1.29 is 9.84 Å². The lowest BCUT2D eigenvalue weighted by Crippen LogP contribution is -2.52. The number of rotatable bonds is 6. The lowest BCUT2D eigenvalue weighted by Gasteiger charge is -2.38. The first-order valence-corrected chi connectivity index (χ1v) is 9.87. The van der Waals surface area contributed by atoms with Gasteiger partial charge in [-0.3, -0.25) is 4.99 Å². The van der Waals surface area contributed by atoms with Crippen LogP contribution in [0.15, 0.2) is 59.6 Å². The minimum Gasteiger partial charge on any atom is -0.506 e. The topological polar surface area (TPSA) is 60.3 Å². The highest BCUT2D eigenvalue weighted by atomic mass is 16.5. The van der Waals surface area contributed by atoms with Crippen LogP contribution in [0.1, 0.15) is 18.6 Å². The molecule has 0 spiro atoms. The van der Waals surface area contributed by atoms with Crippen LogP contribution in [0.5, 0.6) is 5.75 Å². The fraction of sp³-hybridized carbons (Fsp3) is 0.409. The van der Waals surface area contributed by atoms with Crippen LogP contribution in [0, 0.1) is 0 Å². The molecule has 6 heteroatoms. The zero-order valence-electron chi connectivity index (χ0n) is 16.7. The number of anilines is 1. The lowest BCUT2D eigenvalue weighted by molar-refractivity contribution is 0.110. The molecule has 0 saturated carbocycles. The van der Waals surface area contributed by atoms with Crippen molar-refractivity contribution >= 4 is 11.6 Å². The molecule has 1 unspecified atom stereocenters.